The van der Waals surface area contributed by atoms with Gasteiger partial charge in [0.05, 0.1) is 0 Å². The van der Waals surface area contributed by atoms with Gasteiger partial charge in [-0.1, -0.05) is 40.5 Å². The SMILES string of the molecule is CCC(C)[Si](Cl)(O[Si](C)(C)O[Si](C)(C)O[Si](C)(C)O[Si](C)(C)O[Si](C)(C)O[Si](C)(C)O[Si](C)(C)C)C(C)CC. The summed E-state index contributed by atoms with van der Waals surface area (Å²) in [6.45, 7) is 40.5. The first-order valence-electron chi connectivity index (χ1n) is 14.5. The van der Waals surface area contributed by atoms with Crippen LogP contribution in [0.3, 0.4) is 0 Å². The van der Waals surface area contributed by atoms with Crippen molar-refractivity contribution in [3.63, 3.8) is 0 Å². The standard InChI is InChI=1S/C23H63ClO7Si8/c1-20-22(3)39(24,23(4)21-2)31-38(18,19)30-37(16,17)29-36(14,15)28-35(12,13)27-34(10,11)26-33(8,9)25-32(5,6)7/h22-23H,20-21H2,1-19H3. The zero-order valence-corrected chi connectivity index (χ0v) is 37.6. The molecule has 0 aromatic rings. The highest BCUT2D eigenvalue weighted by Gasteiger charge is 2.52. The van der Waals surface area contributed by atoms with Crippen LogP contribution < -0.4 is 0 Å². The molecular weight excluding hydrogens is 648 g/mol. The zero-order chi connectivity index (χ0) is 31.5. The van der Waals surface area contributed by atoms with Crippen molar-refractivity contribution in [2.24, 2.45) is 0 Å². The Morgan fingerprint density at radius 1 is 0.410 bits per heavy atom. The van der Waals surface area contributed by atoms with Crippen molar-refractivity contribution in [1.29, 1.82) is 0 Å². The predicted molar refractivity (Wildman–Crippen MR) is 187 cm³/mol. The molecule has 0 bridgehead atoms. The molecule has 0 N–H and O–H groups in total. The Kier molecular flexibility index (Phi) is 14.9. The second-order valence-corrected chi connectivity index (χ2v) is 46.4. The van der Waals surface area contributed by atoms with Gasteiger partial charge < -0.3 is 28.8 Å². The highest BCUT2D eigenvalue weighted by Crippen LogP contribution is 2.43. The van der Waals surface area contributed by atoms with Crippen LogP contribution in [0.4, 0.5) is 0 Å². The maximum Gasteiger partial charge on any atom is 0.314 e. The van der Waals surface area contributed by atoms with E-state index in [1.807, 2.05) is 0 Å². The fraction of sp³-hybridized carbons (Fsp3) is 1.00. The van der Waals surface area contributed by atoms with Crippen molar-refractivity contribution in [3.8, 4) is 0 Å². The van der Waals surface area contributed by atoms with E-state index >= 15 is 0 Å². The van der Waals surface area contributed by atoms with Gasteiger partial charge in [0.1, 0.15) is 0 Å². The van der Waals surface area contributed by atoms with Crippen molar-refractivity contribution < 1.29 is 28.8 Å². The van der Waals surface area contributed by atoms with E-state index in [2.05, 4.69) is 126 Å². The van der Waals surface area contributed by atoms with E-state index in [1.165, 1.54) is 0 Å². The Labute approximate surface area is 255 Å². The molecular formula is C23H63ClO7Si8. The van der Waals surface area contributed by atoms with Gasteiger partial charge in [-0.05, 0) is 109 Å². The Bertz CT molecular complexity index is 766. The largest absolute Gasteiger partial charge is 0.437 e. The minimum absolute atomic E-state index is 0.340. The molecule has 7 nitrogen and oxygen atoms in total. The third kappa shape index (κ3) is 15.9. The second-order valence-electron chi connectivity index (χ2n) is 14.5. The molecule has 0 spiro atoms. The molecule has 0 saturated carbocycles. The Morgan fingerprint density at radius 3 is 0.821 bits per heavy atom. The monoisotopic (exact) mass is 710 g/mol. The summed E-state index contributed by atoms with van der Waals surface area (Å²) in [6, 6.07) is 0. The van der Waals surface area contributed by atoms with Crippen molar-refractivity contribution in [2.45, 2.75) is 150 Å². The fourth-order valence-corrected chi connectivity index (χ4v) is 47.6. The van der Waals surface area contributed by atoms with Crippen LogP contribution in [-0.2, 0) is 28.8 Å². The van der Waals surface area contributed by atoms with Gasteiger partial charge in [-0.25, -0.2) is 0 Å². The van der Waals surface area contributed by atoms with Gasteiger partial charge in [0, 0.05) is 0 Å². The molecule has 0 saturated heterocycles. The highest BCUT2D eigenvalue weighted by atomic mass is 35.6. The predicted octanol–water partition coefficient (Wildman–Crippen LogP) is 9.43. The van der Waals surface area contributed by atoms with E-state index in [0.29, 0.717) is 11.1 Å². The average molecular weight is 712 g/mol. The molecule has 0 aliphatic carbocycles. The lowest BCUT2D eigenvalue weighted by Crippen LogP contribution is -2.61. The number of halogens is 1. The van der Waals surface area contributed by atoms with Crippen LogP contribution in [-0.4, -0.2) is 67.3 Å². The molecule has 0 rings (SSSR count). The molecule has 0 amide bonds. The smallest absolute Gasteiger partial charge is 0.314 e. The fourth-order valence-electron chi connectivity index (χ4n) is 5.44. The van der Waals surface area contributed by atoms with Crippen LogP contribution in [0.1, 0.15) is 40.5 Å². The minimum atomic E-state index is -2.61. The first kappa shape index (κ1) is 40.7. The summed E-state index contributed by atoms with van der Waals surface area (Å²) >= 11 is 7.32. The first-order chi connectivity index (χ1) is 16.9. The van der Waals surface area contributed by atoms with Crippen molar-refractivity contribution >= 4 is 78.4 Å². The average Bonchev–Trinajstić information content (AvgIpc) is 2.58. The lowest BCUT2D eigenvalue weighted by molar-refractivity contribution is 0.264. The summed E-state index contributed by atoms with van der Waals surface area (Å²) in [5, 5.41) is 0. The Balaban J connectivity index is 5.55. The molecule has 16 heteroatoms. The van der Waals surface area contributed by atoms with E-state index in [-0.39, 0.29) is 0 Å². The Hall–Kier alpha value is 1.75. The van der Waals surface area contributed by atoms with Gasteiger partial charge in [0.25, 0.3) is 7.63 Å². The van der Waals surface area contributed by atoms with E-state index in [0.717, 1.165) is 12.8 Å². The molecule has 2 atom stereocenters. The normalized spacial score (nSPS) is 18.2. The highest BCUT2D eigenvalue weighted by molar-refractivity contribution is 7.20. The lowest BCUT2D eigenvalue weighted by atomic mass is 10.4. The van der Waals surface area contributed by atoms with E-state index in [4.69, 9.17) is 39.9 Å². The maximum absolute atomic E-state index is 7.32. The van der Waals surface area contributed by atoms with Gasteiger partial charge in [-0.3, -0.25) is 0 Å². The quantitative estimate of drug-likeness (QED) is 0.104. The van der Waals surface area contributed by atoms with Gasteiger partial charge in [0.2, 0.25) is 0 Å². The summed E-state index contributed by atoms with van der Waals surface area (Å²) in [6.07, 6.45) is 2.01. The van der Waals surface area contributed by atoms with Crippen molar-refractivity contribution in [1.82, 2.24) is 0 Å². The third-order valence-electron chi connectivity index (χ3n) is 5.98. The zero-order valence-electron chi connectivity index (χ0n) is 28.8. The minimum Gasteiger partial charge on any atom is -0.437 e. The summed E-state index contributed by atoms with van der Waals surface area (Å²) < 4.78 is 46.7. The van der Waals surface area contributed by atoms with Gasteiger partial charge in [-0.15, -0.1) is 11.1 Å². The molecule has 39 heavy (non-hydrogen) atoms. The summed E-state index contributed by atoms with van der Waals surface area (Å²) in [5.74, 6) is 0. The number of rotatable bonds is 18. The first-order valence-corrected chi connectivity index (χ1v) is 37.9. The van der Waals surface area contributed by atoms with E-state index in [9.17, 15) is 0 Å². The Morgan fingerprint density at radius 2 is 0.615 bits per heavy atom. The summed E-state index contributed by atoms with van der Waals surface area (Å²) in [4.78, 5) is 0. The molecule has 0 aromatic heterocycles. The number of hydrogen-bond acceptors (Lipinski definition) is 7. The van der Waals surface area contributed by atoms with Crippen molar-refractivity contribution in [3.05, 3.63) is 0 Å². The molecule has 2 unspecified atom stereocenters. The van der Waals surface area contributed by atoms with E-state index in [1.54, 1.807) is 0 Å². The molecule has 0 heterocycles. The van der Waals surface area contributed by atoms with Gasteiger partial charge in [-0.2, -0.15) is 0 Å². The van der Waals surface area contributed by atoms with Crippen molar-refractivity contribution in [2.75, 3.05) is 0 Å². The maximum atomic E-state index is 7.32. The molecule has 0 aliphatic rings. The molecule has 0 radical (unpaired) electrons. The van der Waals surface area contributed by atoms with Gasteiger partial charge in [0.15, 0.2) is 8.32 Å². The van der Waals surface area contributed by atoms with E-state index < -0.39 is 67.3 Å². The van der Waals surface area contributed by atoms with Crippen LogP contribution in [0, 0.1) is 0 Å². The van der Waals surface area contributed by atoms with Gasteiger partial charge >= 0.3 is 51.4 Å². The van der Waals surface area contributed by atoms with Crippen LogP contribution >= 0.6 is 11.1 Å². The van der Waals surface area contributed by atoms with Crippen LogP contribution in [0.5, 0.6) is 0 Å². The third-order valence-corrected chi connectivity index (χ3v) is 39.7. The second kappa shape index (κ2) is 14.2. The van der Waals surface area contributed by atoms with Crippen LogP contribution in [0.25, 0.3) is 0 Å². The summed E-state index contributed by atoms with van der Waals surface area (Å²) in [7, 11) is -19.5. The molecule has 0 aromatic carbocycles. The molecule has 0 fully saturated rings. The topological polar surface area (TPSA) is 64.6 Å². The number of hydrogen-bond donors (Lipinski definition) is 0. The summed E-state index contributed by atoms with van der Waals surface area (Å²) in [5.41, 5.74) is 0.680. The molecule has 0 aliphatic heterocycles. The van der Waals surface area contributed by atoms with Crippen LogP contribution in [0.2, 0.25) is 109 Å². The van der Waals surface area contributed by atoms with Crippen LogP contribution in [0.15, 0.2) is 0 Å². The lowest BCUT2D eigenvalue weighted by Gasteiger charge is -2.45. The molecule has 236 valence electrons.